The van der Waals surface area contributed by atoms with Gasteiger partial charge in [0.2, 0.25) is 11.6 Å². The molecule has 1 unspecified atom stereocenters. The third-order valence-electron chi connectivity index (χ3n) is 2.01. The number of hydrogen-bond acceptors (Lipinski definition) is 4. The number of halogens is 1. The number of alkyl halides is 1. The minimum atomic E-state index is -2.59. The lowest BCUT2D eigenvalue weighted by molar-refractivity contribution is -0.367. The van der Waals surface area contributed by atoms with Crippen molar-refractivity contribution in [3.63, 3.8) is 0 Å². The van der Waals surface area contributed by atoms with Gasteiger partial charge in [0.15, 0.2) is 0 Å². The SMILES string of the molecule is OC1(O)CCCC(Cl)C1(O)O. The average Bonchev–Trinajstić information content (AvgIpc) is 1.84. The predicted molar refractivity (Wildman–Crippen MR) is 37.8 cm³/mol. The van der Waals surface area contributed by atoms with E-state index in [0.717, 1.165) is 0 Å². The molecule has 1 aliphatic carbocycles. The van der Waals surface area contributed by atoms with Crippen LogP contribution in [0.2, 0.25) is 0 Å². The van der Waals surface area contributed by atoms with Crippen LogP contribution in [0.15, 0.2) is 0 Å². The van der Waals surface area contributed by atoms with Crippen LogP contribution in [0.1, 0.15) is 19.3 Å². The summed E-state index contributed by atoms with van der Waals surface area (Å²) in [6, 6.07) is 0. The highest BCUT2D eigenvalue weighted by molar-refractivity contribution is 6.21. The molecule has 0 amide bonds. The Morgan fingerprint density at radius 3 is 2.09 bits per heavy atom. The van der Waals surface area contributed by atoms with Crippen LogP contribution in [-0.4, -0.2) is 37.4 Å². The molecule has 4 N–H and O–H groups in total. The van der Waals surface area contributed by atoms with Crippen molar-refractivity contribution >= 4 is 11.6 Å². The van der Waals surface area contributed by atoms with Gasteiger partial charge in [-0.1, -0.05) is 0 Å². The van der Waals surface area contributed by atoms with Gasteiger partial charge in [0.05, 0.1) is 5.38 Å². The smallest absolute Gasteiger partial charge is 0.235 e. The largest absolute Gasteiger partial charge is 0.361 e. The first-order valence-corrected chi connectivity index (χ1v) is 3.85. The maximum Gasteiger partial charge on any atom is 0.235 e. The second-order valence-corrected chi connectivity index (χ2v) is 3.43. The summed E-state index contributed by atoms with van der Waals surface area (Å²) in [6.07, 6.45) is 0.782. The fraction of sp³-hybridized carbons (Fsp3) is 1.00. The van der Waals surface area contributed by atoms with E-state index in [0.29, 0.717) is 12.8 Å². The van der Waals surface area contributed by atoms with Crippen LogP contribution >= 0.6 is 11.6 Å². The zero-order valence-electron chi connectivity index (χ0n) is 5.87. The molecule has 11 heavy (non-hydrogen) atoms. The molecular weight excluding hydrogens is 172 g/mol. The number of aliphatic hydroxyl groups is 4. The standard InChI is InChI=1S/C6H11ClO4/c7-4-2-1-3-5(8,9)6(4,10)11/h4,8-11H,1-3H2. The highest BCUT2D eigenvalue weighted by Gasteiger charge is 2.54. The molecule has 1 aliphatic rings. The second kappa shape index (κ2) is 2.57. The summed E-state index contributed by atoms with van der Waals surface area (Å²) >= 11 is 5.47. The van der Waals surface area contributed by atoms with E-state index in [1.54, 1.807) is 0 Å². The first-order chi connectivity index (χ1) is 4.88. The molecule has 0 saturated heterocycles. The molecule has 0 aromatic heterocycles. The highest BCUT2D eigenvalue weighted by atomic mass is 35.5. The van der Waals surface area contributed by atoms with Crippen molar-refractivity contribution < 1.29 is 20.4 Å². The van der Waals surface area contributed by atoms with Crippen LogP contribution in [0.4, 0.5) is 0 Å². The molecule has 0 aromatic rings. The van der Waals surface area contributed by atoms with Crippen molar-refractivity contribution in [1.29, 1.82) is 0 Å². The van der Waals surface area contributed by atoms with Gasteiger partial charge in [0.1, 0.15) is 0 Å². The van der Waals surface area contributed by atoms with Gasteiger partial charge in [-0.25, -0.2) is 0 Å². The fourth-order valence-corrected chi connectivity index (χ4v) is 1.49. The molecule has 0 aliphatic heterocycles. The Hall–Kier alpha value is 0.130. The highest BCUT2D eigenvalue weighted by Crippen LogP contribution is 2.36. The summed E-state index contributed by atoms with van der Waals surface area (Å²) in [4.78, 5) is 0. The molecule has 4 nitrogen and oxygen atoms in total. The van der Waals surface area contributed by atoms with Gasteiger partial charge in [0.25, 0.3) is 0 Å². The lowest BCUT2D eigenvalue weighted by Gasteiger charge is -2.41. The zero-order chi connectivity index (χ0) is 8.70. The Labute approximate surface area is 69.0 Å². The first kappa shape index (κ1) is 9.22. The van der Waals surface area contributed by atoms with E-state index >= 15 is 0 Å². The Morgan fingerprint density at radius 1 is 1.18 bits per heavy atom. The minimum absolute atomic E-state index is 0.0663. The molecule has 1 saturated carbocycles. The van der Waals surface area contributed by atoms with Crippen LogP contribution in [0.3, 0.4) is 0 Å². The summed E-state index contributed by atoms with van der Waals surface area (Å²) in [5.74, 6) is -5.07. The molecule has 0 radical (unpaired) electrons. The molecule has 0 heterocycles. The quantitative estimate of drug-likeness (QED) is 0.290. The van der Waals surface area contributed by atoms with Crippen LogP contribution in [0, 0.1) is 0 Å². The zero-order valence-corrected chi connectivity index (χ0v) is 6.62. The molecule has 0 aromatic carbocycles. The van der Waals surface area contributed by atoms with Crippen molar-refractivity contribution in [3.05, 3.63) is 0 Å². The van der Waals surface area contributed by atoms with Crippen molar-refractivity contribution in [2.24, 2.45) is 0 Å². The first-order valence-electron chi connectivity index (χ1n) is 3.41. The third kappa shape index (κ3) is 1.37. The summed E-state index contributed by atoms with van der Waals surface area (Å²) < 4.78 is 0. The molecule has 0 bridgehead atoms. The van der Waals surface area contributed by atoms with E-state index in [1.807, 2.05) is 0 Å². The van der Waals surface area contributed by atoms with Crippen molar-refractivity contribution in [3.8, 4) is 0 Å². The van der Waals surface area contributed by atoms with Gasteiger partial charge in [-0.05, 0) is 12.8 Å². The maximum absolute atomic E-state index is 9.09. The molecule has 1 atom stereocenters. The van der Waals surface area contributed by atoms with Gasteiger partial charge in [-0.3, -0.25) is 0 Å². The summed E-state index contributed by atoms with van der Waals surface area (Å²) in [7, 11) is 0. The van der Waals surface area contributed by atoms with E-state index in [2.05, 4.69) is 0 Å². The molecule has 1 rings (SSSR count). The molecule has 0 spiro atoms. The van der Waals surface area contributed by atoms with Crippen molar-refractivity contribution in [2.45, 2.75) is 36.2 Å². The fourth-order valence-electron chi connectivity index (χ4n) is 1.16. The second-order valence-electron chi connectivity index (χ2n) is 2.90. The Morgan fingerprint density at radius 2 is 1.73 bits per heavy atom. The van der Waals surface area contributed by atoms with Crippen molar-refractivity contribution in [1.82, 2.24) is 0 Å². The minimum Gasteiger partial charge on any atom is -0.361 e. The summed E-state index contributed by atoms with van der Waals surface area (Å²) in [5, 5.41) is 35.3. The Kier molecular flexibility index (Phi) is 2.15. The monoisotopic (exact) mass is 182 g/mol. The van der Waals surface area contributed by atoms with Crippen LogP contribution in [-0.2, 0) is 0 Å². The molecule has 1 fully saturated rings. The van der Waals surface area contributed by atoms with E-state index in [1.165, 1.54) is 0 Å². The van der Waals surface area contributed by atoms with Crippen LogP contribution in [0.25, 0.3) is 0 Å². The molecule has 66 valence electrons. The van der Waals surface area contributed by atoms with Gasteiger partial charge in [-0.2, -0.15) is 0 Å². The van der Waals surface area contributed by atoms with Gasteiger partial charge in [-0.15, -0.1) is 11.6 Å². The van der Waals surface area contributed by atoms with Gasteiger partial charge < -0.3 is 20.4 Å². The van der Waals surface area contributed by atoms with Crippen LogP contribution < -0.4 is 0 Å². The van der Waals surface area contributed by atoms with Gasteiger partial charge >= 0.3 is 0 Å². The summed E-state index contributed by atoms with van der Waals surface area (Å²) in [6.45, 7) is 0. The third-order valence-corrected chi connectivity index (χ3v) is 2.53. The topological polar surface area (TPSA) is 80.9 Å². The van der Waals surface area contributed by atoms with Gasteiger partial charge in [0, 0.05) is 6.42 Å². The lowest BCUT2D eigenvalue weighted by Crippen LogP contribution is -2.62. The van der Waals surface area contributed by atoms with E-state index in [4.69, 9.17) is 32.0 Å². The summed E-state index contributed by atoms with van der Waals surface area (Å²) in [5.41, 5.74) is 0. The van der Waals surface area contributed by atoms with Crippen LogP contribution in [0.5, 0.6) is 0 Å². The van der Waals surface area contributed by atoms with E-state index in [9.17, 15) is 0 Å². The van der Waals surface area contributed by atoms with E-state index in [-0.39, 0.29) is 6.42 Å². The average molecular weight is 183 g/mol. The predicted octanol–water partition coefficient (Wildman–Crippen LogP) is -0.861. The lowest BCUT2D eigenvalue weighted by atomic mass is 9.88. The normalized spacial score (nSPS) is 35.2. The Balaban J connectivity index is 2.82. The van der Waals surface area contributed by atoms with Crippen molar-refractivity contribution in [2.75, 3.05) is 0 Å². The number of hydrogen-bond donors (Lipinski definition) is 4. The van der Waals surface area contributed by atoms with E-state index < -0.39 is 17.0 Å². The Bertz CT molecular complexity index is 157. The number of rotatable bonds is 0. The molecule has 5 heteroatoms. The maximum atomic E-state index is 9.09. The molecular formula is C6H11ClO4.